The van der Waals surface area contributed by atoms with Gasteiger partial charge in [-0.2, -0.15) is 0 Å². The summed E-state index contributed by atoms with van der Waals surface area (Å²) < 4.78 is 0. The van der Waals surface area contributed by atoms with Gasteiger partial charge in [-0.3, -0.25) is 4.98 Å². The van der Waals surface area contributed by atoms with E-state index >= 15 is 0 Å². The van der Waals surface area contributed by atoms with Gasteiger partial charge < -0.3 is 0 Å². The van der Waals surface area contributed by atoms with Crippen molar-refractivity contribution in [2.24, 2.45) is 0 Å². The summed E-state index contributed by atoms with van der Waals surface area (Å²) in [5.41, 5.74) is 12.4. The van der Waals surface area contributed by atoms with E-state index < -0.39 is 0 Å². The van der Waals surface area contributed by atoms with Gasteiger partial charge in [0.05, 0.1) is 5.69 Å². The lowest BCUT2D eigenvalue weighted by atomic mass is 9.94. The fourth-order valence-electron chi connectivity index (χ4n) is 5.21. The highest BCUT2D eigenvalue weighted by molar-refractivity contribution is 6.16. The molecule has 6 aromatic rings. The molecule has 0 fully saturated rings. The average molecular weight is 432 g/mol. The third-order valence-electron chi connectivity index (χ3n) is 6.88. The summed E-state index contributed by atoms with van der Waals surface area (Å²) in [6, 6.07) is 43.6. The van der Waals surface area contributed by atoms with Gasteiger partial charge in [0.25, 0.3) is 0 Å². The highest BCUT2D eigenvalue weighted by atomic mass is 14.7. The number of rotatable bonds is 3. The molecule has 0 N–H and O–H groups in total. The van der Waals surface area contributed by atoms with Crippen LogP contribution in [0.3, 0.4) is 0 Å². The molecule has 0 amide bonds. The van der Waals surface area contributed by atoms with Gasteiger partial charge in [0, 0.05) is 11.8 Å². The van der Waals surface area contributed by atoms with Crippen molar-refractivity contribution in [1.82, 2.24) is 4.98 Å². The van der Waals surface area contributed by atoms with E-state index in [1.165, 1.54) is 55.3 Å². The SMILES string of the molecule is c1ccc(-c2ccc(-c3ccc(-c4cc5c6c(cccc6c4)-c4ccccc4-5)cc3)cc2)nc1. The molecule has 0 atom stereocenters. The lowest BCUT2D eigenvalue weighted by molar-refractivity contribution is 1.33. The molecule has 7 rings (SSSR count). The Balaban J connectivity index is 1.25. The fourth-order valence-corrected chi connectivity index (χ4v) is 5.21. The molecule has 158 valence electrons. The molecule has 1 heterocycles. The molecule has 1 aromatic heterocycles. The van der Waals surface area contributed by atoms with E-state index in [1.54, 1.807) is 0 Å². The minimum Gasteiger partial charge on any atom is -0.256 e. The van der Waals surface area contributed by atoms with E-state index in [9.17, 15) is 0 Å². The second-order valence-corrected chi connectivity index (χ2v) is 8.84. The maximum absolute atomic E-state index is 4.45. The normalized spacial score (nSPS) is 11.5. The number of nitrogens with zero attached hydrogens (tertiary/aromatic N) is 1. The Labute approximate surface area is 199 Å². The lowest BCUT2D eigenvalue weighted by Gasteiger charge is -2.10. The number of benzene rings is 5. The van der Waals surface area contributed by atoms with Gasteiger partial charge in [-0.25, -0.2) is 0 Å². The highest BCUT2D eigenvalue weighted by Gasteiger charge is 2.21. The van der Waals surface area contributed by atoms with Gasteiger partial charge in [-0.15, -0.1) is 0 Å². The first-order valence-electron chi connectivity index (χ1n) is 11.6. The Kier molecular flexibility index (Phi) is 4.22. The number of fused-ring (bicyclic) bond motifs is 3. The summed E-state index contributed by atoms with van der Waals surface area (Å²) in [5, 5.41) is 2.67. The Morgan fingerprint density at radius 2 is 0.971 bits per heavy atom. The van der Waals surface area contributed by atoms with E-state index in [1.807, 2.05) is 24.4 Å². The van der Waals surface area contributed by atoms with Gasteiger partial charge in [0.1, 0.15) is 0 Å². The first kappa shape index (κ1) is 19.0. The van der Waals surface area contributed by atoms with Crippen molar-refractivity contribution >= 4 is 10.8 Å². The summed E-state index contributed by atoms with van der Waals surface area (Å²) in [4.78, 5) is 4.45. The summed E-state index contributed by atoms with van der Waals surface area (Å²) in [7, 11) is 0. The van der Waals surface area contributed by atoms with Crippen LogP contribution in [0.1, 0.15) is 0 Å². The number of aromatic nitrogens is 1. The number of hydrogen-bond donors (Lipinski definition) is 0. The maximum Gasteiger partial charge on any atom is 0.0701 e. The Morgan fingerprint density at radius 1 is 0.382 bits per heavy atom. The van der Waals surface area contributed by atoms with Crippen LogP contribution in [0.5, 0.6) is 0 Å². The third-order valence-corrected chi connectivity index (χ3v) is 6.88. The van der Waals surface area contributed by atoms with Crippen molar-refractivity contribution in [2.75, 3.05) is 0 Å². The molecular weight excluding hydrogens is 410 g/mol. The fraction of sp³-hybridized carbons (Fsp3) is 0. The van der Waals surface area contributed by atoms with Gasteiger partial charge in [-0.05, 0) is 79.5 Å². The molecule has 0 bridgehead atoms. The van der Waals surface area contributed by atoms with Crippen LogP contribution in [0.25, 0.3) is 66.5 Å². The molecule has 1 nitrogen and oxygen atoms in total. The molecule has 0 aliphatic heterocycles. The smallest absolute Gasteiger partial charge is 0.0701 e. The van der Waals surface area contributed by atoms with E-state index in [2.05, 4.69) is 108 Å². The molecular formula is C33H21N. The van der Waals surface area contributed by atoms with Crippen LogP contribution in [-0.2, 0) is 0 Å². The molecule has 0 unspecified atom stereocenters. The summed E-state index contributed by atoms with van der Waals surface area (Å²) in [6.07, 6.45) is 1.83. The van der Waals surface area contributed by atoms with Gasteiger partial charge in [0.2, 0.25) is 0 Å². The van der Waals surface area contributed by atoms with Crippen LogP contribution in [0.2, 0.25) is 0 Å². The second-order valence-electron chi connectivity index (χ2n) is 8.84. The molecule has 1 heteroatoms. The van der Waals surface area contributed by atoms with Gasteiger partial charge >= 0.3 is 0 Å². The lowest BCUT2D eigenvalue weighted by Crippen LogP contribution is -1.84. The highest BCUT2D eigenvalue weighted by Crippen LogP contribution is 2.48. The van der Waals surface area contributed by atoms with Crippen LogP contribution in [-0.4, -0.2) is 4.98 Å². The minimum absolute atomic E-state index is 0.999. The number of hydrogen-bond acceptors (Lipinski definition) is 1. The van der Waals surface area contributed by atoms with Crippen LogP contribution >= 0.6 is 0 Å². The zero-order valence-electron chi connectivity index (χ0n) is 18.6. The quantitative estimate of drug-likeness (QED) is 0.272. The second kappa shape index (κ2) is 7.54. The predicted octanol–water partition coefficient (Wildman–Crippen LogP) is 8.88. The van der Waals surface area contributed by atoms with Crippen LogP contribution in [0.15, 0.2) is 128 Å². The van der Waals surface area contributed by atoms with Crippen molar-refractivity contribution in [2.45, 2.75) is 0 Å². The molecule has 0 saturated heterocycles. The van der Waals surface area contributed by atoms with Gasteiger partial charge in [-0.1, -0.05) is 97.1 Å². The third kappa shape index (κ3) is 2.98. The summed E-state index contributed by atoms with van der Waals surface area (Å²) >= 11 is 0. The summed E-state index contributed by atoms with van der Waals surface area (Å²) in [5.74, 6) is 0. The largest absolute Gasteiger partial charge is 0.256 e. The summed E-state index contributed by atoms with van der Waals surface area (Å²) in [6.45, 7) is 0. The predicted molar refractivity (Wildman–Crippen MR) is 142 cm³/mol. The first-order chi connectivity index (χ1) is 16.8. The van der Waals surface area contributed by atoms with Crippen molar-refractivity contribution in [3.63, 3.8) is 0 Å². The van der Waals surface area contributed by atoms with Crippen LogP contribution in [0.4, 0.5) is 0 Å². The van der Waals surface area contributed by atoms with E-state index in [-0.39, 0.29) is 0 Å². The van der Waals surface area contributed by atoms with E-state index in [0.29, 0.717) is 0 Å². The molecule has 0 radical (unpaired) electrons. The standard InChI is InChI=1S/C33H21N/c1-2-8-29-28(7-1)30-9-5-6-26-20-27(21-31(29)33(26)30)24-13-11-22(12-14-24)23-15-17-25(18-16-23)32-10-3-4-19-34-32/h1-21H. The zero-order valence-corrected chi connectivity index (χ0v) is 18.6. The molecule has 5 aromatic carbocycles. The molecule has 34 heavy (non-hydrogen) atoms. The van der Waals surface area contributed by atoms with E-state index in [0.717, 1.165) is 11.3 Å². The van der Waals surface area contributed by atoms with Crippen molar-refractivity contribution < 1.29 is 0 Å². The minimum atomic E-state index is 0.999. The maximum atomic E-state index is 4.45. The average Bonchev–Trinajstić information content (AvgIpc) is 3.25. The van der Waals surface area contributed by atoms with Crippen LogP contribution in [0, 0.1) is 0 Å². The Hall–Kier alpha value is -4.49. The van der Waals surface area contributed by atoms with Crippen LogP contribution < -0.4 is 0 Å². The zero-order chi connectivity index (χ0) is 22.5. The monoisotopic (exact) mass is 431 g/mol. The Bertz CT molecular complexity index is 1660. The van der Waals surface area contributed by atoms with Crippen molar-refractivity contribution in [3.8, 4) is 55.8 Å². The Morgan fingerprint density at radius 3 is 1.65 bits per heavy atom. The first-order valence-corrected chi connectivity index (χ1v) is 11.6. The van der Waals surface area contributed by atoms with Gasteiger partial charge in [0.15, 0.2) is 0 Å². The number of pyridine rings is 1. The van der Waals surface area contributed by atoms with E-state index in [4.69, 9.17) is 0 Å². The topological polar surface area (TPSA) is 12.9 Å². The van der Waals surface area contributed by atoms with Crippen molar-refractivity contribution in [3.05, 3.63) is 128 Å². The molecule has 1 aliphatic carbocycles. The van der Waals surface area contributed by atoms with Crippen molar-refractivity contribution in [1.29, 1.82) is 0 Å². The molecule has 1 aliphatic rings. The molecule has 0 saturated carbocycles. The molecule has 0 spiro atoms.